The lowest BCUT2D eigenvalue weighted by atomic mass is 10.1. The first kappa shape index (κ1) is 26.7. The molecule has 2 aromatic carbocycles. The maximum absolute atomic E-state index is 12.2. The van der Waals surface area contributed by atoms with Crippen LogP contribution in [0.5, 0.6) is 0 Å². The van der Waals surface area contributed by atoms with Gasteiger partial charge in [0.1, 0.15) is 11.9 Å². The number of piperazine rings is 1. The highest BCUT2D eigenvalue weighted by Crippen LogP contribution is 2.32. The predicted octanol–water partition coefficient (Wildman–Crippen LogP) is 5.44. The highest BCUT2D eigenvalue weighted by Gasteiger charge is 2.18. The number of anilines is 5. The first-order valence-electron chi connectivity index (χ1n) is 12.9. The first-order valence-corrected chi connectivity index (χ1v) is 12.9. The molecule has 1 aliphatic rings. The van der Waals surface area contributed by atoms with Crippen molar-refractivity contribution in [1.82, 2.24) is 9.88 Å². The van der Waals surface area contributed by atoms with Crippen LogP contribution in [0, 0.1) is 18.3 Å². The Balaban J connectivity index is 1.58. The number of carbonyl (C=O) groups is 1. The molecule has 38 heavy (non-hydrogen) atoms. The van der Waals surface area contributed by atoms with Crippen LogP contribution in [0.15, 0.2) is 67.4 Å². The van der Waals surface area contributed by atoms with Gasteiger partial charge < -0.3 is 25.8 Å². The SMILES string of the molecule is C=CC(=O)Nc1cc(N2CCN(CC)CC2)ccc1Nc1cc(NC(C)c2ccc(C)cc2)c(C#N)cn1. The van der Waals surface area contributed by atoms with Crippen LogP contribution in [0.25, 0.3) is 0 Å². The van der Waals surface area contributed by atoms with E-state index in [4.69, 9.17) is 0 Å². The molecule has 1 fully saturated rings. The summed E-state index contributed by atoms with van der Waals surface area (Å²) in [6.45, 7) is 14.8. The second kappa shape index (κ2) is 12.3. The van der Waals surface area contributed by atoms with E-state index in [1.54, 1.807) is 6.20 Å². The second-order valence-electron chi connectivity index (χ2n) is 9.47. The maximum Gasteiger partial charge on any atom is 0.247 e. The predicted molar refractivity (Wildman–Crippen MR) is 155 cm³/mol. The van der Waals surface area contributed by atoms with Crippen LogP contribution < -0.4 is 20.9 Å². The molecule has 8 heteroatoms. The number of hydrogen-bond acceptors (Lipinski definition) is 7. The molecular formula is C30H35N7O. The van der Waals surface area contributed by atoms with Crippen molar-refractivity contribution in [3.63, 3.8) is 0 Å². The van der Waals surface area contributed by atoms with Crippen LogP contribution in [0.3, 0.4) is 0 Å². The number of amides is 1. The Hall–Kier alpha value is -4.35. The van der Waals surface area contributed by atoms with E-state index in [-0.39, 0.29) is 11.9 Å². The third-order valence-electron chi connectivity index (χ3n) is 6.87. The Morgan fingerprint density at radius 1 is 1.11 bits per heavy atom. The molecule has 1 amide bonds. The van der Waals surface area contributed by atoms with Gasteiger partial charge >= 0.3 is 0 Å². The number of aromatic nitrogens is 1. The van der Waals surface area contributed by atoms with Gasteiger partial charge in [-0.05, 0) is 50.2 Å². The number of benzene rings is 2. The van der Waals surface area contributed by atoms with E-state index in [1.807, 2.05) is 18.2 Å². The minimum Gasteiger partial charge on any atom is -0.377 e. The number of nitrogens with one attached hydrogen (secondary N) is 3. The summed E-state index contributed by atoms with van der Waals surface area (Å²) in [5.74, 6) is 0.268. The summed E-state index contributed by atoms with van der Waals surface area (Å²) in [6, 6.07) is 18.3. The fourth-order valence-electron chi connectivity index (χ4n) is 4.49. The molecule has 0 radical (unpaired) electrons. The lowest BCUT2D eigenvalue weighted by Gasteiger charge is -2.35. The smallest absolute Gasteiger partial charge is 0.247 e. The summed E-state index contributed by atoms with van der Waals surface area (Å²) in [4.78, 5) is 21.4. The van der Waals surface area contributed by atoms with E-state index in [0.29, 0.717) is 28.4 Å². The number of nitrogens with zero attached hydrogens (tertiary/aromatic N) is 4. The third kappa shape index (κ3) is 6.50. The van der Waals surface area contributed by atoms with E-state index in [1.165, 1.54) is 11.6 Å². The van der Waals surface area contributed by atoms with Gasteiger partial charge in [-0.2, -0.15) is 5.26 Å². The minimum absolute atomic E-state index is 0.00662. The lowest BCUT2D eigenvalue weighted by molar-refractivity contribution is -0.111. The molecular weight excluding hydrogens is 474 g/mol. The van der Waals surface area contributed by atoms with Crippen molar-refractivity contribution in [3.05, 3.63) is 84.1 Å². The topological polar surface area (TPSA) is 96.3 Å². The molecule has 1 aromatic heterocycles. The Kier molecular flexibility index (Phi) is 8.62. The van der Waals surface area contributed by atoms with Crippen molar-refractivity contribution < 1.29 is 4.79 Å². The Labute approximate surface area is 225 Å². The molecule has 1 unspecified atom stereocenters. The third-order valence-corrected chi connectivity index (χ3v) is 6.87. The van der Waals surface area contributed by atoms with Crippen LogP contribution in [0.1, 0.15) is 36.6 Å². The average Bonchev–Trinajstić information content (AvgIpc) is 2.94. The largest absolute Gasteiger partial charge is 0.377 e. The van der Waals surface area contributed by atoms with Crippen molar-refractivity contribution >= 4 is 34.5 Å². The summed E-state index contributed by atoms with van der Waals surface area (Å²) in [7, 11) is 0. The van der Waals surface area contributed by atoms with Crippen molar-refractivity contribution in [3.8, 4) is 6.07 Å². The number of rotatable bonds is 9. The van der Waals surface area contributed by atoms with Crippen LogP contribution >= 0.6 is 0 Å². The number of likely N-dealkylation sites (N-methyl/N-ethyl adjacent to an activating group) is 1. The molecule has 2 heterocycles. The Morgan fingerprint density at radius 3 is 2.50 bits per heavy atom. The highest BCUT2D eigenvalue weighted by molar-refractivity contribution is 6.02. The molecule has 3 aromatic rings. The van der Waals surface area contributed by atoms with Gasteiger partial charge in [-0.3, -0.25) is 4.79 Å². The van der Waals surface area contributed by atoms with Gasteiger partial charge in [0.2, 0.25) is 5.91 Å². The number of hydrogen-bond donors (Lipinski definition) is 3. The van der Waals surface area contributed by atoms with Gasteiger partial charge in [-0.15, -0.1) is 0 Å². The highest BCUT2D eigenvalue weighted by atomic mass is 16.1. The minimum atomic E-state index is -0.289. The van der Waals surface area contributed by atoms with Gasteiger partial charge in [0.25, 0.3) is 0 Å². The molecule has 0 saturated carbocycles. The monoisotopic (exact) mass is 509 g/mol. The number of aryl methyl sites for hydroxylation is 1. The van der Waals surface area contributed by atoms with E-state index in [0.717, 1.165) is 44.0 Å². The van der Waals surface area contributed by atoms with Crippen molar-refractivity contribution in [1.29, 1.82) is 5.26 Å². The molecule has 196 valence electrons. The zero-order valence-electron chi connectivity index (χ0n) is 22.3. The zero-order valence-corrected chi connectivity index (χ0v) is 22.3. The second-order valence-corrected chi connectivity index (χ2v) is 9.47. The van der Waals surface area contributed by atoms with E-state index >= 15 is 0 Å². The van der Waals surface area contributed by atoms with Gasteiger partial charge in [0.15, 0.2) is 0 Å². The molecule has 8 nitrogen and oxygen atoms in total. The molecule has 1 saturated heterocycles. The zero-order chi connectivity index (χ0) is 27.1. The molecule has 0 aliphatic carbocycles. The number of carbonyl (C=O) groups excluding carboxylic acids is 1. The van der Waals surface area contributed by atoms with Crippen LogP contribution in [-0.4, -0.2) is 48.5 Å². The maximum atomic E-state index is 12.2. The number of pyridine rings is 1. The molecule has 1 atom stereocenters. The average molecular weight is 510 g/mol. The molecule has 4 rings (SSSR count). The van der Waals surface area contributed by atoms with Crippen molar-refractivity contribution in [2.45, 2.75) is 26.8 Å². The standard InChI is InChI=1S/C30H35N7O/c1-5-30(38)35-28-17-25(37-15-13-36(6-2)14-16-37)11-12-26(28)34-29-18-27(24(19-31)20-32-29)33-22(4)23-9-7-21(3)8-10-23/h5,7-12,17-18,20,22H,1,6,13-16H2,2-4H3,(H,35,38)(H2,32,33,34). The Bertz CT molecular complexity index is 1320. The lowest BCUT2D eigenvalue weighted by Crippen LogP contribution is -2.46. The normalized spacial score (nSPS) is 14.3. The van der Waals surface area contributed by atoms with E-state index in [9.17, 15) is 10.1 Å². The summed E-state index contributed by atoms with van der Waals surface area (Å²) >= 11 is 0. The summed E-state index contributed by atoms with van der Waals surface area (Å²) in [5.41, 5.74) is 5.84. The van der Waals surface area contributed by atoms with Crippen molar-refractivity contribution in [2.24, 2.45) is 0 Å². The molecule has 3 N–H and O–H groups in total. The summed E-state index contributed by atoms with van der Waals surface area (Å²) < 4.78 is 0. The first-order chi connectivity index (χ1) is 18.4. The molecule has 0 bridgehead atoms. The van der Waals surface area contributed by atoms with Crippen LogP contribution in [-0.2, 0) is 4.79 Å². The summed E-state index contributed by atoms with van der Waals surface area (Å²) in [6.07, 6.45) is 2.81. The fraction of sp³-hybridized carbons (Fsp3) is 0.300. The molecule has 1 aliphatic heterocycles. The Morgan fingerprint density at radius 2 is 1.84 bits per heavy atom. The van der Waals surface area contributed by atoms with E-state index < -0.39 is 0 Å². The fourth-order valence-corrected chi connectivity index (χ4v) is 4.49. The van der Waals surface area contributed by atoms with Crippen molar-refractivity contribution in [2.75, 3.05) is 53.6 Å². The quantitative estimate of drug-likeness (QED) is 0.330. The van der Waals surface area contributed by atoms with E-state index in [2.05, 4.69) is 94.5 Å². The van der Waals surface area contributed by atoms with Crippen LogP contribution in [0.2, 0.25) is 0 Å². The van der Waals surface area contributed by atoms with Gasteiger partial charge in [0, 0.05) is 50.2 Å². The molecule has 0 spiro atoms. The van der Waals surface area contributed by atoms with Gasteiger partial charge in [0.05, 0.1) is 22.6 Å². The van der Waals surface area contributed by atoms with Gasteiger partial charge in [-0.1, -0.05) is 43.3 Å². The number of nitriles is 1. The summed E-state index contributed by atoms with van der Waals surface area (Å²) in [5, 5.41) is 19.4. The van der Waals surface area contributed by atoms with Gasteiger partial charge in [-0.25, -0.2) is 4.98 Å². The van der Waals surface area contributed by atoms with Crippen LogP contribution in [0.4, 0.5) is 28.6 Å².